The van der Waals surface area contributed by atoms with E-state index in [1.165, 1.54) is 24.3 Å². The molecule has 0 radical (unpaired) electrons. The Morgan fingerprint density at radius 2 is 1.95 bits per heavy atom. The number of aliphatic hydroxyl groups is 1. The number of hydrogen-bond donors (Lipinski definition) is 2. The Hall–Kier alpha value is -0.980. The molecule has 1 atom stereocenters. The minimum absolute atomic E-state index is 0.0151. The van der Waals surface area contributed by atoms with Crippen molar-refractivity contribution in [2.75, 3.05) is 6.54 Å². The highest BCUT2D eigenvalue weighted by molar-refractivity contribution is 7.88. The van der Waals surface area contributed by atoms with Gasteiger partial charge in [-0.05, 0) is 43.4 Å². The van der Waals surface area contributed by atoms with Gasteiger partial charge in [-0.25, -0.2) is 17.5 Å². The van der Waals surface area contributed by atoms with Crippen molar-refractivity contribution in [3.63, 3.8) is 0 Å². The average molecular weight is 287 g/mol. The fourth-order valence-corrected chi connectivity index (χ4v) is 3.20. The Kier molecular flexibility index (Phi) is 3.94. The van der Waals surface area contributed by atoms with E-state index >= 15 is 0 Å². The van der Waals surface area contributed by atoms with Crippen LogP contribution in [0.5, 0.6) is 0 Å². The molecule has 6 heteroatoms. The summed E-state index contributed by atoms with van der Waals surface area (Å²) in [6.45, 7) is 1.66. The maximum absolute atomic E-state index is 12.7. The van der Waals surface area contributed by atoms with Crippen LogP contribution in [0.4, 0.5) is 4.39 Å². The lowest BCUT2D eigenvalue weighted by Gasteiger charge is -2.23. The van der Waals surface area contributed by atoms with Crippen molar-refractivity contribution in [2.24, 2.45) is 5.92 Å². The van der Waals surface area contributed by atoms with Gasteiger partial charge in [-0.1, -0.05) is 12.1 Å². The summed E-state index contributed by atoms with van der Waals surface area (Å²) in [6, 6.07) is 5.33. The molecule has 1 aliphatic carbocycles. The number of rotatable bonds is 6. The van der Waals surface area contributed by atoms with Crippen LogP contribution in [0.25, 0.3) is 0 Å². The van der Waals surface area contributed by atoms with Gasteiger partial charge in [0.2, 0.25) is 10.0 Å². The van der Waals surface area contributed by atoms with E-state index in [0.717, 1.165) is 12.8 Å². The lowest BCUT2D eigenvalue weighted by molar-refractivity contribution is 0.0422. The van der Waals surface area contributed by atoms with Crippen LogP contribution in [0.3, 0.4) is 0 Å². The Balaban J connectivity index is 1.93. The SMILES string of the molecule is C[C@@](O)(CNS(=O)(=O)Cc1ccc(F)cc1)C1CC1. The van der Waals surface area contributed by atoms with E-state index in [1.807, 2.05) is 0 Å². The number of nitrogens with one attached hydrogen (secondary N) is 1. The Bertz CT molecular complexity index is 536. The van der Waals surface area contributed by atoms with Crippen LogP contribution < -0.4 is 4.72 Å². The lowest BCUT2D eigenvalue weighted by Crippen LogP contribution is -2.42. The molecule has 1 aliphatic rings. The summed E-state index contributed by atoms with van der Waals surface area (Å²) in [7, 11) is -3.52. The maximum Gasteiger partial charge on any atom is 0.215 e. The summed E-state index contributed by atoms with van der Waals surface area (Å²) in [5.41, 5.74) is -0.476. The predicted octanol–water partition coefficient (Wildman–Crippen LogP) is 1.41. The molecule has 0 aliphatic heterocycles. The smallest absolute Gasteiger partial charge is 0.215 e. The summed E-state index contributed by atoms with van der Waals surface area (Å²) >= 11 is 0. The zero-order chi connectivity index (χ0) is 14.1. The Labute approximate surface area is 112 Å². The highest BCUT2D eigenvalue weighted by Crippen LogP contribution is 2.39. The van der Waals surface area contributed by atoms with Gasteiger partial charge in [0.15, 0.2) is 0 Å². The molecule has 2 rings (SSSR count). The standard InChI is InChI=1S/C13H18FNO3S/c1-13(16,11-4-5-11)9-15-19(17,18)8-10-2-6-12(14)7-3-10/h2-3,6-7,11,15-16H,4-5,8-9H2,1H3/t13-/m1/s1. The number of sulfonamides is 1. The number of halogens is 1. The zero-order valence-corrected chi connectivity index (χ0v) is 11.6. The van der Waals surface area contributed by atoms with Crippen LogP contribution in [0.2, 0.25) is 0 Å². The summed E-state index contributed by atoms with van der Waals surface area (Å²) in [4.78, 5) is 0. The molecule has 1 aromatic carbocycles. The van der Waals surface area contributed by atoms with Crippen molar-refractivity contribution in [3.8, 4) is 0 Å². The van der Waals surface area contributed by atoms with Crippen molar-refractivity contribution in [1.82, 2.24) is 4.72 Å². The molecule has 1 fully saturated rings. The fraction of sp³-hybridized carbons (Fsp3) is 0.538. The molecule has 0 bridgehead atoms. The molecule has 0 unspecified atom stereocenters. The van der Waals surface area contributed by atoms with Crippen molar-refractivity contribution >= 4 is 10.0 Å². The van der Waals surface area contributed by atoms with E-state index in [-0.39, 0.29) is 18.2 Å². The van der Waals surface area contributed by atoms with Crippen LogP contribution >= 0.6 is 0 Å². The molecule has 1 aromatic rings. The Morgan fingerprint density at radius 1 is 1.37 bits per heavy atom. The average Bonchev–Trinajstić information content (AvgIpc) is 3.14. The van der Waals surface area contributed by atoms with E-state index in [9.17, 15) is 17.9 Å². The second-order valence-electron chi connectivity index (χ2n) is 5.34. The van der Waals surface area contributed by atoms with Crippen molar-refractivity contribution in [2.45, 2.75) is 31.1 Å². The van der Waals surface area contributed by atoms with Crippen LogP contribution in [-0.4, -0.2) is 25.7 Å². The third kappa shape index (κ3) is 4.26. The van der Waals surface area contributed by atoms with Gasteiger partial charge in [0.25, 0.3) is 0 Å². The topological polar surface area (TPSA) is 66.4 Å². The van der Waals surface area contributed by atoms with Gasteiger partial charge in [0, 0.05) is 6.54 Å². The maximum atomic E-state index is 12.7. The number of hydrogen-bond acceptors (Lipinski definition) is 3. The van der Waals surface area contributed by atoms with E-state index < -0.39 is 21.4 Å². The molecule has 2 N–H and O–H groups in total. The van der Waals surface area contributed by atoms with E-state index in [0.29, 0.717) is 5.56 Å². The minimum Gasteiger partial charge on any atom is -0.389 e. The van der Waals surface area contributed by atoms with Crippen LogP contribution in [0, 0.1) is 11.7 Å². The first kappa shape index (κ1) is 14.4. The largest absolute Gasteiger partial charge is 0.389 e. The molecule has 19 heavy (non-hydrogen) atoms. The van der Waals surface area contributed by atoms with Crippen LogP contribution in [0.15, 0.2) is 24.3 Å². The molecule has 0 spiro atoms. The van der Waals surface area contributed by atoms with Crippen LogP contribution in [0.1, 0.15) is 25.3 Å². The summed E-state index contributed by atoms with van der Waals surface area (Å²) in [6.07, 6.45) is 1.87. The third-order valence-electron chi connectivity index (χ3n) is 3.38. The molecule has 0 aromatic heterocycles. The Morgan fingerprint density at radius 3 is 2.47 bits per heavy atom. The van der Waals surface area contributed by atoms with Gasteiger partial charge >= 0.3 is 0 Å². The fourth-order valence-electron chi connectivity index (χ4n) is 1.96. The zero-order valence-electron chi connectivity index (χ0n) is 10.8. The van der Waals surface area contributed by atoms with E-state index in [1.54, 1.807) is 6.92 Å². The lowest BCUT2D eigenvalue weighted by atomic mass is 10.0. The summed E-state index contributed by atoms with van der Waals surface area (Å²) in [5.74, 6) is -0.430. The van der Waals surface area contributed by atoms with Crippen molar-refractivity contribution in [3.05, 3.63) is 35.6 Å². The molecule has 1 saturated carbocycles. The molecule has 106 valence electrons. The highest BCUT2D eigenvalue weighted by atomic mass is 32.2. The highest BCUT2D eigenvalue weighted by Gasteiger charge is 2.40. The molecule has 0 saturated heterocycles. The van der Waals surface area contributed by atoms with Gasteiger partial charge in [-0.3, -0.25) is 0 Å². The first-order chi connectivity index (χ1) is 8.78. The normalized spacial score (nSPS) is 19.1. The van der Waals surface area contributed by atoms with Gasteiger partial charge in [-0.15, -0.1) is 0 Å². The second kappa shape index (κ2) is 5.19. The van der Waals surface area contributed by atoms with E-state index in [2.05, 4.69) is 4.72 Å². The van der Waals surface area contributed by atoms with Crippen LogP contribution in [-0.2, 0) is 15.8 Å². The molecule has 0 amide bonds. The monoisotopic (exact) mass is 287 g/mol. The first-order valence-electron chi connectivity index (χ1n) is 6.23. The molecular formula is C13H18FNO3S. The first-order valence-corrected chi connectivity index (χ1v) is 7.88. The summed E-state index contributed by atoms with van der Waals surface area (Å²) < 4.78 is 38.9. The van der Waals surface area contributed by atoms with E-state index in [4.69, 9.17) is 0 Å². The number of benzene rings is 1. The molecule has 4 nitrogen and oxygen atoms in total. The molecular weight excluding hydrogens is 269 g/mol. The van der Waals surface area contributed by atoms with Gasteiger partial charge in [0.05, 0.1) is 11.4 Å². The minimum atomic E-state index is -3.52. The predicted molar refractivity (Wildman–Crippen MR) is 70.4 cm³/mol. The summed E-state index contributed by atoms with van der Waals surface area (Å²) in [5, 5.41) is 10.0. The van der Waals surface area contributed by atoms with Gasteiger partial charge < -0.3 is 5.11 Å². The van der Waals surface area contributed by atoms with Crippen molar-refractivity contribution < 1.29 is 17.9 Å². The van der Waals surface area contributed by atoms with Crippen molar-refractivity contribution in [1.29, 1.82) is 0 Å². The molecule has 0 heterocycles. The quantitative estimate of drug-likeness (QED) is 0.831. The second-order valence-corrected chi connectivity index (χ2v) is 7.14. The third-order valence-corrected chi connectivity index (χ3v) is 4.67. The van der Waals surface area contributed by atoms with Gasteiger partial charge in [-0.2, -0.15) is 0 Å². The van der Waals surface area contributed by atoms with Gasteiger partial charge in [0.1, 0.15) is 5.82 Å².